The van der Waals surface area contributed by atoms with Crippen LogP contribution >= 0.6 is 0 Å². The van der Waals surface area contributed by atoms with Crippen molar-refractivity contribution in [2.75, 3.05) is 36.6 Å². The Morgan fingerprint density at radius 3 is 2.65 bits per heavy atom. The molecular weight excluding hydrogens is 467 g/mol. The van der Waals surface area contributed by atoms with Gasteiger partial charge in [-0.15, -0.1) is 0 Å². The minimum absolute atomic E-state index is 0.177. The average molecular weight is 505 g/mol. The maximum atomic E-state index is 14.6. The second-order valence-electron chi connectivity index (χ2n) is 9.38. The van der Waals surface area contributed by atoms with E-state index < -0.39 is 0 Å². The summed E-state index contributed by atoms with van der Waals surface area (Å²) in [5.41, 5.74) is 6.27. The third-order valence-corrected chi connectivity index (χ3v) is 7.00. The highest BCUT2D eigenvalue weighted by molar-refractivity contribution is 5.69. The molecule has 0 aliphatic carbocycles. The maximum Gasteiger partial charge on any atom is 0.306 e. The van der Waals surface area contributed by atoms with Crippen LogP contribution in [0.5, 0.6) is 0 Å². The molecule has 0 saturated heterocycles. The minimum atomic E-state index is -0.313. The summed E-state index contributed by atoms with van der Waals surface area (Å²) >= 11 is 0. The van der Waals surface area contributed by atoms with Crippen LogP contribution in [0.1, 0.15) is 55.4 Å². The Hall–Kier alpha value is -3.38. The van der Waals surface area contributed by atoms with Crippen LogP contribution < -0.4 is 10.2 Å². The first-order valence-corrected chi connectivity index (χ1v) is 13.2. The van der Waals surface area contributed by atoms with Crippen molar-refractivity contribution in [1.29, 1.82) is 0 Å². The van der Waals surface area contributed by atoms with Gasteiger partial charge < -0.3 is 19.7 Å². The van der Waals surface area contributed by atoms with E-state index in [1.54, 1.807) is 13.0 Å². The molecular formula is C31H37FN2O3. The monoisotopic (exact) mass is 504 g/mol. The van der Waals surface area contributed by atoms with Gasteiger partial charge in [0.05, 0.1) is 13.2 Å². The largest absolute Gasteiger partial charge is 0.466 e. The maximum absolute atomic E-state index is 14.6. The van der Waals surface area contributed by atoms with E-state index in [1.165, 1.54) is 22.9 Å². The number of ether oxygens (including phenoxy) is 2. The summed E-state index contributed by atoms with van der Waals surface area (Å²) in [7, 11) is 0. The first kappa shape index (κ1) is 26.7. The molecule has 1 heterocycles. The van der Waals surface area contributed by atoms with Gasteiger partial charge in [-0.3, -0.25) is 4.79 Å². The van der Waals surface area contributed by atoms with Gasteiger partial charge in [-0.1, -0.05) is 48.5 Å². The molecule has 0 saturated carbocycles. The van der Waals surface area contributed by atoms with Crippen molar-refractivity contribution >= 4 is 17.3 Å². The van der Waals surface area contributed by atoms with E-state index in [0.29, 0.717) is 43.5 Å². The summed E-state index contributed by atoms with van der Waals surface area (Å²) in [5.74, 6) is -0.346. The molecule has 3 aromatic rings. The van der Waals surface area contributed by atoms with Crippen LogP contribution in [0, 0.1) is 5.82 Å². The summed E-state index contributed by atoms with van der Waals surface area (Å²) in [5, 5.41) is 3.35. The van der Waals surface area contributed by atoms with E-state index in [2.05, 4.69) is 65.7 Å². The van der Waals surface area contributed by atoms with E-state index in [0.717, 1.165) is 18.7 Å². The number of esters is 1. The molecule has 0 amide bonds. The normalized spacial score (nSPS) is 16.5. The summed E-state index contributed by atoms with van der Waals surface area (Å²) in [6.07, 6.45) is 0.506. The number of hydrogen-bond donors (Lipinski definition) is 1. The Bertz CT molecular complexity index is 1200. The van der Waals surface area contributed by atoms with E-state index in [-0.39, 0.29) is 24.1 Å². The molecule has 1 aliphatic rings. The molecule has 5 nitrogen and oxygen atoms in total. The Kier molecular flexibility index (Phi) is 9.18. The third-order valence-electron chi connectivity index (χ3n) is 7.00. The highest BCUT2D eigenvalue weighted by Gasteiger charge is 2.36. The number of nitrogens with zero attached hydrogens (tertiary/aromatic N) is 1. The summed E-state index contributed by atoms with van der Waals surface area (Å²) in [4.78, 5) is 14.0. The lowest BCUT2D eigenvalue weighted by Gasteiger charge is -2.27. The van der Waals surface area contributed by atoms with Crippen LogP contribution in [-0.2, 0) is 27.2 Å². The highest BCUT2D eigenvalue weighted by atomic mass is 19.1. The van der Waals surface area contributed by atoms with Gasteiger partial charge in [-0.2, -0.15) is 0 Å². The molecule has 37 heavy (non-hydrogen) atoms. The molecule has 1 aliphatic heterocycles. The first-order valence-electron chi connectivity index (χ1n) is 13.2. The van der Waals surface area contributed by atoms with Crippen LogP contribution in [0.4, 0.5) is 15.8 Å². The standard InChI is InChI=1S/C31H37FN2O3/c1-4-36-18-17-34-22(3)31(27-11-6-7-12-29(27)34)25-10-8-9-23(19-25)21-33-26-15-13-24(28(32)20-26)14-16-30(35)37-5-2/h6-13,15,19-20,22,31,33H,4-5,14,16-18,21H2,1-3H3. The molecule has 0 radical (unpaired) electrons. The zero-order valence-corrected chi connectivity index (χ0v) is 22.0. The molecule has 2 unspecified atom stereocenters. The average Bonchev–Trinajstić information content (AvgIpc) is 3.18. The highest BCUT2D eigenvalue weighted by Crippen LogP contribution is 2.44. The summed E-state index contributed by atoms with van der Waals surface area (Å²) in [6.45, 7) is 9.31. The lowest BCUT2D eigenvalue weighted by atomic mass is 9.87. The van der Waals surface area contributed by atoms with Crippen LogP contribution in [0.2, 0.25) is 0 Å². The second-order valence-corrected chi connectivity index (χ2v) is 9.38. The number of hydrogen-bond acceptors (Lipinski definition) is 5. The van der Waals surface area contributed by atoms with Crippen molar-refractivity contribution in [1.82, 2.24) is 0 Å². The van der Waals surface area contributed by atoms with Crippen molar-refractivity contribution in [2.24, 2.45) is 0 Å². The fourth-order valence-electron chi connectivity index (χ4n) is 5.19. The number of carbonyl (C=O) groups excluding carboxylic acids is 1. The predicted octanol–water partition coefficient (Wildman–Crippen LogP) is 6.31. The quantitative estimate of drug-likeness (QED) is 0.231. The third kappa shape index (κ3) is 6.50. The molecule has 2 atom stereocenters. The molecule has 4 rings (SSSR count). The fraction of sp³-hybridized carbons (Fsp3) is 0.387. The van der Waals surface area contributed by atoms with E-state index in [9.17, 15) is 9.18 Å². The Morgan fingerprint density at radius 1 is 1.03 bits per heavy atom. The number of rotatable bonds is 12. The van der Waals surface area contributed by atoms with E-state index >= 15 is 0 Å². The van der Waals surface area contributed by atoms with Gasteiger partial charge >= 0.3 is 5.97 Å². The van der Waals surface area contributed by atoms with Crippen molar-refractivity contribution in [3.05, 3.63) is 94.8 Å². The number of fused-ring (bicyclic) bond motifs is 1. The van der Waals surface area contributed by atoms with Crippen molar-refractivity contribution in [3.8, 4) is 0 Å². The number of aryl methyl sites for hydroxylation is 1. The van der Waals surface area contributed by atoms with Crippen LogP contribution in [0.25, 0.3) is 0 Å². The molecule has 196 valence electrons. The minimum Gasteiger partial charge on any atom is -0.466 e. The number of nitrogens with one attached hydrogen (secondary N) is 1. The fourth-order valence-corrected chi connectivity index (χ4v) is 5.19. The van der Waals surface area contributed by atoms with Gasteiger partial charge in [-0.05, 0) is 67.6 Å². The predicted molar refractivity (Wildman–Crippen MR) is 147 cm³/mol. The van der Waals surface area contributed by atoms with Crippen LogP contribution in [0.3, 0.4) is 0 Å². The smallest absolute Gasteiger partial charge is 0.306 e. The topological polar surface area (TPSA) is 50.8 Å². The van der Waals surface area contributed by atoms with Crippen molar-refractivity contribution in [2.45, 2.75) is 52.1 Å². The lowest BCUT2D eigenvalue weighted by molar-refractivity contribution is -0.143. The molecule has 0 spiro atoms. The van der Waals surface area contributed by atoms with Crippen molar-refractivity contribution in [3.63, 3.8) is 0 Å². The van der Waals surface area contributed by atoms with Gasteiger partial charge in [0.15, 0.2) is 0 Å². The van der Waals surface area contributed by atoms with Gasteiger partial charge in [0, 0.05) is 49.5 Å². The summed E-state index contributed by atoms with van der Waals surface area (Å²) in [6, 6.07) is 22.7. The number of carbonyl (C=O) groups is 1. The molecule has 6 heteroatoms. The Balaban J connectivity index is 1.43. The van der Waals surface area contributed by atoms with Gasteiger partial charge in [0.25, 0.3) is 0 Å². The van der Waals surface area contributed by atoms with Gasteiger partial charge in [0.2, 0.25) is 0 Å². The molecule has 0 fully saturated rings. The van der Waals surface area contributed by atoms with Gasteiger partial charge in [0.1, 0.15) is 5.82 Å². The zero-order valence-electron chi connectivity index (χ0n) is 22.0. The van der Waals surface area contributed by atoms with Gasteiger partial charge in [-0.25, -0.2) is 4.39 Å². The number of benzene rings is 3. The molecule has 3 aromatic carbocycles. The summed E-state index contributed by atoms with van der Waals surface area (Å²) < 4.78 is 25.2. The number of halogens is 1. The van der Waals surface area contributed by atoms with Crippen molar-refractivity contribution < 1.29 is 18.7 Å². The zero-order chi connectivity index (χ0) is 26.2. The number of para-hydroxylation sites is 1. The van der Waals surface area contributed by atoms with Crippen LogP contribution in [-0.4, -0.2) is 38.4 Å². The molecule has 0 bridgehead atoms. The van der Waals surface area contributed by atoms with Crippen LogP contribution in [0.15, 0.2) is 66.7 Å². The SMILES string of the molecule is CCOCCN1c2ccccc2C(c2cccc(CNc3ccc(CCC(=O)OCC)c(F)c3)c2)C1C. The van der Waals surface area contributed by atoms with E-state index in [4.69, 9.17) is 9.47 Å². The Labute approximate surface area is 219 Å². The first-order chi connectivity index (χ1) is 18.0. The lowest BCUT2D eigenvalue weighted by Crippen LogP contribution is -2.34. The molecule has 0 aromatic heterocycles. The Morgan fingerprint density at radius 2 is 1.86 bits per heavy atom. The van der Waals surface area contributed by atoms with E-state index in [1.807, 2.05) is 13.0 Å². The molecule has 1 N–H and O–H groups in total. The second kappa shape index (κ2) is 12.7. The number of anilines is 2.